The number of carbonyl (C=O) groups is 1. The Bertz CT molecular complexity index is 720. The van der Waals surface area contributed by atoms with Gasteiger partial charge in [-0.15, -0.1) is 0 Å². The van der Waals surface area contributed by atoms with Crippen LogP contribution >= 0.6 is 0 Å². The summed E-state index contributed by atoms with van der Waals surface area (Å²) in [4.78, 5) is 12.6. The molecule has 1 aromatic rings. The number of rotatable bonds is 5. The molecule has 3 rings (SSSR count). The van der Waals surface area contributed by atoms with Crippen LogP contribution in [0.15, 0.2) is 23.1 Å². The van der Waals surface area contributed by atoms with E-state index in [4.69, 9.17) is 5.73 Å². The van der Waals surface area contributed by atoms with Crippen molar-refractivity contribution in [3.8, 4) is 0 Å². The number of hydrogen-bond acceptors (Lipinski definition) is 4. The van der Waals surface area contributed by atoms with Crippen LogP contribution in [0.5, 0.6) is 0 Å². The smallest absolute Gasteiger partial charge is 0.244 e. The summed E-state index contributed by atoms with van der Waals surface area (Å²) in [6, 6.07) is 4.97. The molecule has 0 heterocycles. The maximum Gasteiger partial charge on any atom is 0.244 e. The number of aryl methyl sites for hydroxylation is 1. The standard InChI is InChI=1S/C16H23N3O3S/c1-11-4-5-13(18-15(20)16(17)8-2-3-9-16)10-14(11)23(21,22)19-12-6-7-12/h4-5,10,12,19H,2-3,6-9,17H2,1H3,(H,18,20). The second-order valence-electron chi connectivity index (χ2n) is 6.69. The minimum atomic E-state index is -3.55. The van der Waals surface area contributed by atoms with Crippen LogP contribution < -0.4 is 15.8 Å². The Labute approximate surface area is 136 Å². The van der Waals surface area contributed by atoms with Gasteiger partial charge in [0, 0.05) is 11.7 Å². The third-order valence-corrected chi connectivity index (χ3v) is 6.25. The van der Waals surface area contributed by atoms with E-state index in [1.165, 1.54) is 6.07 Å². The van der Waals surface area contributed by atoms with E-state index in [9.17, 15) is 13.2 Å². The lowest BCUT2D eigenvalue weighted by molar-refractivity contribution is -0.121. The maximum atomic E-state index is 12.4. The molecule has 7 heteroatoms. The molecule has 0 bridgehead atoms. The molecular formula is C16H23N3O3S. The summed E-state index contributed by atoms with van der Waals surface area (Å²) >= 11 is 0. The van der Waals surface area contributed by atoms with Crippen LogP contribution in [0, 0.1) is 6.92 Å². The first-order chi connectivity index (χ1) is 10.8. The highest BCUT2D eigenvalue weighted by molar-refractivity contribution is 7.89. The highest BCUT2D eigenvalue weighted by Gasteiger charge is 2.37. The maximum absolute atomic E-state index is 12.4. The Morgan fingerprint density at radius 1 is 1.26 bits per heavy atom. The fraction of sp³-hybridized carbons (Fsp3) is 0.562. The average molecular weight is 337 g/mol. The molecule has 0 aliphatic heterocycles. The van der Waals surface area contributed by atoms with Gasteiger partial charge in [0.15, 0.2) is 0 Å². The van der Waals surface area contributed by atoms with E-state index in [1.54, 1.807) is 19.1 Å². The molecule has 2 aliphatic carbocycles. The molecule has 0 aromatic heterocycles. The average Bonchev–Trinajstić information content (AvgIpc) is 3.17. The van der Waals surface area contributed by atoms with Gasteiger partial charge in [0.1, 0.15) is 0 Å². The lowest BCUT2D eigenvalue weighted by Crippen LogP contribution is -2.48. The second-order valence-corrected chi connectivity index (χ2v) is 8.38. The van der Waals surface area contributed by atoms with E-state index in [-0.39, 0.29) is 16.8 Å². The highest BCUT2D eigenvalue weighted by Crippen LogP contribution is 2.29. The molecule has 2 fully saturated rings. The number of nitrogens with one attached hydrogen (secondary N) is 2. The van der Waals surface area contributed by atoms with Crippen LogP contribution in [0.2, 0.25) is 0 Å². The van der Waals surface area contributed by atoms with Gasteiger partial charge in [0.25, 0.3) is 0 Å². The van der Waals surface area contributed by atoms with Crippen LogP contribution in [-0.2, 0) is 14.8 Å². The van der Waals surface area contributed by atoms with Crippen LogP contribution in [0.25, 0.3) is 0 Å². The second kappa shape index (κ2) is 5.89. The van der Waals surface area contributed by atoms with Gasteiger partial charge in [-0.1, -0.05) is 18.9 Å². The molecule has 2 aliphatic rings. The van der Waals surface area contributed by atoms with Gasteiger partial charge in [0.05, 0.1) is 10.4 Å². The fourth-order valence-electron chi connectivity index (χ4n) is 2.94. The van der Waals surface area contributed by atoms with Crippen molar-refractivity contribution in [1.29, 1.82) is 0 Å². The third-order valence-electron chi connectivity index (χ3n) is 4.58. The van der Waals surface area contributed by atoms with Gasteiger partial charge in [-0.05, 0) is 50.3 Å². The van der Waals surface area contributed by atoms with Gasteiger partial charge in [-0.3, -0.25) is 4.79 Å². The van der Waals surface area contributed by atoms with Crippen molar-refractivity contribution in [3.05, 3.63) is 23.8 Å². The van der Waals surface area contributed by atoms with Crippen molar-refractivity contribution in [2.24, 2.45) is 5.73 Å². The van der Waals surface area contributed by atoms with Crippen LogP contribution in [0.1, 0.15) is 44.1 Å². The quantitative estimate of drug-likeness (QED) is 0.760. The molecule has 1 aromatic carbocycles. The molecule has 23 heavy (non-hydrogen) atoms. The summed E-state index contributed by atoms with van der Waals surface area (Å²) in [5.74, 6) is -0.239. The number of nitrogens with two attached hydrogens (primary N) is 1. The Hall–Kier alpha value is -1.44. The molecule has 0 atom stereocenters. The number of sulfonamides is 1. The van der Waals surface area contributed by atoms with Crippen molar-refractivity contribution in [3.63, 3.8) is 0 Å². The molecule has 2 saturated carbocycles. The van der Waals surface area contributed by atoms with E-state index in [1.807, 2.05) is 0 Å². The Balaban J connectivity index is 1.81. The molecular weight excluding hydrogens is 314 g/mol. The first-order valence-electron chi connectivity index (χ1n) is 8.03. The number of benzene rings is 1. The zero-order chi connectivity index (χ0) is 16.7. The molecule has 1 amide bonds. The number of carbonyl (C=O) groups excluding carboxylic acids is 1. The molecule has 6 nitrogen and oxygen atoms in total. The van der Waals surface area contributed by atoms with Crippen LogP contribution in [0.3, 0.4) is 0 Å². The molecule has 0 spiro atoms. The first kappa shape index (κ1) is 16.4. The third kappa shape index (κ3) is 3.57. The fourth-order valence-corrected chi connectivity index (χ4v) is 4.52. The van der Waals surface area contributed by atoms with E-state index >= 15 is 0 Å². The molecule has 0 saturated heterocycles. The van der Waals surface area contributed by atoms with Crippen molar-refractivity contribution in [1.82, 2.24) is 4.72 Å². The molecule has 0 radical (unpaired) electrons. The van der Waals surface area contributed by atoms with Gasteiger partial charge >= 0.3 is 0 Å². The molecule has 126 valence electrons. The van der Waals surface area contributed by atoms with Gasteiger partial charge in [-0.2, -0.15) is 0 Å². The zero-order valence-electron chi connectivity index (χ0n) is 13.3. The number of hydrogen-bond donors (Lipinski definition) is 3. The summed E-state index contributed by atoms with van der Waals surface area (Å²) in [6.45, 7) is 1.74. The van der Waals surface area contributed by atoms with Crippen LogP contribution in [-0.4, -0.2) is 25.9 Å². The lowest BCUT2D eigenvalue weighted by Gasteiger charge is -2.22. The monoisotopic (exact) mass is 337 g/mol. The Morgan fingerprint density at radius 2 is 1.91 bits per heavy atom. The Kier molecular flexibility index (Phi) is 4.20. The lowest BCUT2D eigenvalue weighted by atomic mass is 9.98. The number of anilines is 1. The van der Waals surface area contributed by atoms with Gasteiger partial charge < -0.3 is 11.1 Å². The van der Waals surface area contributed by atoms with E-state index < -0.39 is 15.6 Å². The summed E-state index contributed by atoms with van der Waals surface area (Å²) in [7, 11) is -3.55. The van der Waals surface area contributed by atoms with Crippen LogP contribution in [0.4, 0.5) is 5.69 Å². The largest absolute Gasteiger partial charge is 0.324 e. The topological polar surface area (TPSA) is 101 Å². The first-order valence-corrected chi connectivity index (χ1v) is 9.52. The van der Waals surface area contributed by atoms with E-state index in [0.717, 1.165) is 25.7 Å². The SMILES string of the molecule is Cc1ccc(NC(=O)C2(N)CCCC2)cc1S(=O)(=O)NC1CC1. The zero-order valence-corrected chi connectivity index (χ0v) is 14.1. The van der Waals surface area contributed by atoms with Crippen molar-refractivity contribution < 1.29 is 13.2 Å². The summed E-state index contributed by atoms with van der Waals surface area (Å²) in [6.07, 6.45) is 4.98. The predicted octanol–water partition coefficient (Wildman–Crippen LogP) is 1.65. The van der Waals surface area contributed by atoms with E-state index in [2.05, 4.69) is 10.0 Å². The summed E-state index contributed by atoms with van der Waals surface area (Å²) in [5, 5.41) is 2.78. The predicted molar refractivity (Wildman–Crippen MR) is 88.5 cm³/mol. The van der Waals surface area contributed by atoms with Gasteiger partial charge in [0.2, 0.25) is 15.9 Å². The highest BCUT2D eigenvalue weighted by atomic mass is 32.2. The molecule has 0 unspecified atom stereocenters. The minimum absolute atomic E-state index is 0.0449. The van der Waals surface area contributed by atoms with Crippen molar-refractivity contribution in [2.45, 2.75) is 61.9 Å². The molecule has 4 N–H and O–H groups in total. The summed E-state index contributed by atoms with van der Waals surface area (Å²) < 4.78 is 27.5. The van der Waals surface area contributed by atoms with E-state index in [0.29, 0.717) is 24.1 Å². The minimum Gasteiger partial charge on any atom is -0.324 e. The Morgan fingerprint density at radius 3 is 2.52 bits per heavy atom. The van der Waals surface area contributed by atoms with Gasteiger partial charge in [-0.25, -0.2) is 13.1 Å². The number of amides is 1. The summed E-state index contributed by atoms with van der Waals surface area (Å²) in [5.41, 5.74) is 6.42. The van der Waals surface area contributed by atoms with Crippen molar-refractivity contribution >= 4 is 21.6 Å². The normalized spacial score (nSPS) is 20.4. The van der Waals surface area contributed by atoms with Crippen molar-refractivity contribution in [2.75, 3.05) is 5.32 Å².